The van der Waals surface area contributed by atoms with E-state index in [0.717, 1.165) is 49.9 Å². The van der Waals surface area contributed by atoms with Crippen molar-refractivity contribution in [2.75, 3.05) is 36.4 Å². The van der Waals surface area contributed by atoms with E-state index in [1.165, 1.54) is 5.56 Å². The molecule has 1 fully saturated rings. The van der Waals surface area contributed by atoms with Crippen LogP contribution in [0, 0.1) is 0 Å². The number of hydrogen-bond acceptors (Lipinski definition) is 7. The largest absolute Gasteiger partial charge is 0.469 e. The van der Waals surface area contributed by atoms with E-state index in [1.54, 1.807) is 6.26 Å². The third-order valence-corrected chi connectivity index (χ3v) is 7.33. The van der Waals surface area contributed by atoms with Crippen LogP contribution in [0.2, 0.25) is 5.02 Å². The quantitative estimate of drug-likeness (QED) is 0.354. The number of carbonyl (C=O) groups excluding carboxylic acids is 1. The molecule has 0 spiro atoms. The number of halogens is 1. The van der Waals surface area contributed by atoms with Crippen molar-refractivity contribution in [3.63, 3.8) is 0 Å². The van der Waals surface area contributed by atoms with E-state index in [9.17, 15) is 4.79 Å². The van der Waals surface area contributed by atoms with E-state index in [0.29, 0.717) is 35.2 Å². The molecule has 7 nitrogen and oxygen atoms in total. The summed E-state index contributed by atoms with van der Waals surface area (Å²) in [5, 5.41) is 4.02. The second kappa shape index (κ2) is 10.4. The van der Waals surface area contributed by atoms with E-state index >= 15 is 0 Å². The van der Waals surface area contributed by atoms with Crippen LogP contribution in [0.3, 0.4) is 0 Å². The van der Waals surface area contributed by atoms with Crippen LogP contribution in [-0.4, -0.2) is 46.8 Å². The molecule has 0 amide bonds. The first-order valence-electron chi connectivity index (χ1n) is 12.6. The number of Topliss-reactive ketones (excluding diaryl/α,β-unsaturated/α-hetero) is 1. The zero-order valence-corrected chi connectivity index (χ0v) is 21.2. The van der Waals surface area contributed by atoms with Gasteiger partial charge in [0, 0.05) is 62.2 Å². The topological polar surface area (TPSA) is 74.5 Å². The van der Waals surface area contributed by atoms with Crippen LogP contribution in [0.25, 0.3) is 0 Å². The molecule has 37 heavy (non-hydrogen) atoms. The monoisotopic (exact) mass is 513 g/mol. The molecule has 1 N–H and O–H groups in total. The predicted molar refractivity (Wildman–Crippen MR) is 145 cm³/mol. The van der Waals surface area contributed by atoms with Gasteiger partial charge >= 0.3 is 0 Å². The molecule has 0 saturated carbocycles. The lowest BCUT2D eigenvalue weighted by Crippen LogP contribution is -2.46. The van der Waals surface area contributed by atoms with Gasteiger partial charge in [-0.05, 0) is 42.0 Å². The Kier molecular flexibility index (Phi) is 6.64. The van der Waals surface area contributed by atoms with E-state index in [1.807, 2.05) is 42.5 Å². The van der Waals surface area contributed by atoms with Crippen molar-refractivity contribution in [2.24, 2.45) is 0 Å². The zero-order chi connectivity index (χ0) is 25.2. The summed E-state index contributed by atoms with van der Waals surface area (Å²) in [7, 11) is 0. The first-order valence-corrected chi connectivity index (χ1v) is 13.0. The lowest BCUT2D eigenvalue weighted by atomic mass is 9.84. The summed E-state index contributed by atoms with van der Waals surface area (Å²) >= 11 is 6.08. The first-order chi connectivity index (χ1) is 18.1. The van der Waals surface area contributed by atoms with Crippen LogP contribution < -0.4 is 10.2 Å². The Hall–Kier alpha value is -3.68. The first kappa shape index (κ1) is 23.7. The highest BCUT2D eigenvalue weighted by atomic mass is 35.5. The Morgan fingerprint density at radius 2 is 1.70 bits per heavy atom. The Morgan fingerprint density at radius 1 is 0.919 bits per heavy atom. The molecule has 4 aromatic rings. The SMILES string of the molecule is O=C1CC(c2ccco2)Cc2nc(N3CCN(Cc4ccccc4)CC3)nc(Nc3ccc(Cl)cc3)c21. The number of fused-ring (bicyclic) bond motifs is 1. The molecule has 0 bridgehead atoms. The molecule has 2 aromatic heterocycles. The molecule has 6 rings (SSSR count). The van der Waals surface area contributed by atoms with Crippen molar-refractivity contribution in [3.05, 3.63) is 101 Å². The van der Waals surface area contributed by atoms with Gasteiger partial charge in [0.25, 0.3) is 0 Å². The number of piperazine rings is 1. The number of anilines is 3. The van der Waals surface area contributed by atoms with E-state index < -0.39 is 0 Å². The molecule has 2 aliphatic rings. The molecule has 2 aromatic carbocycles. The summed E-state index contributed by atoms with van der Waals surface area (Å²) in [6, 6.07) is 21.8. The molecular weight excluding hydrogens is 486 g/mol. The summed E-state index contributed by atoms with van der Waals surface area (Å²) in [5.41, 5.74) is 3.48. The van der Waals surface area contributed by atoms with Crippen molar-refractivity contribution in [1.29, 1.82) is 0 Å². The van der Waals surface area contributed by atoms with Gasteiger partial charge in [0.05, 0.1) is 17.5 Å². The van der Waals surface area contributed by atoms with Crippen molar-refractivity contribution in [1.82, 2.24) is 14.9 Å². The minimum atomic E-state index is -0.0242. The molecule has 1 unspecified atom stereocenters. The number of ketones is 1. The second-order valence-corrected chi connectivity index (χ2v) is 10.1. The molecule has 0 radical (unpaired) electrons. The van der Waals surface area contributed by atoms with Crippen molar-refractivity contribution in [3.8, 4) is 0 Å². The van der Waals surface area contributed by atoms with Crippen LogP contribution in [-0.2, 0) is 13.0 Å². The predicted octanol–water partition coefficient (Wildman–Crippen LogP) is 5.70. The number of carbonyl (C=O) groups is 1. The van der Waals surface area contributed by atoms with Gasteiger partial charge < -0.3 is 14.6 Å². The standard InChI is InChI=1S/C29H28ClN5O2/c30-22-8-10-23(11-9-22)31-28-27-24(17-21(18-25(27)36)26-7-4-16-37-26)32-29(33-28)35-14-12-34(13-15-35)19-20-5-2-1-3-6-20/h1-11,16,21H,12-15,17-19H2,(H,31,32,33). The molecule has 3 heterocycles. The van der Waals surface area contributed by atoms with Crippen molar-refractivity contribution in [2.45, 2.75) is 25.3 Å². The normalized spacial score (nSPS) is 18.0. The number of benzene rings is 2. The maximum atomic E-state index is 13.4. The van der Waals surface area contributed by atoms with Crippen LogP contribution in [0.15, 0.2) is 77.4 Å². The second-order valence-electron chi connectivity index (χ2n) is 9.62. The van der Waals surface area contributed by atoms with Crippen LogP contribution in [0.5, 0.6) is 0 Å². The number of aromatic nitrogens is 2. The van der Waals surface area contributed by atoms with E-state index in [-0.39, 0.29) is 11.7 Å². The van der Waals surface area contributed by atoms with Crippen LogP contribution in [0.4, 0.5) is 17.5 Å². The van der Waals surface area contributed by atoms with Gasteiger partial charge in [-0.15, -0.1) is 0 Å². The number of furan rings is 1. The Morgan fingerprint density at radius 3 is 2.43 bits per heavy atom. The molecule has 1 saturated heterocycles. The molecular formula is C29H28ClN5O2. The molecule has 1 aliphatic carbocycles. The summed E-state index contributed by atoms with van der Waals surface area (Å²) in [5.74, 6) is 2.03. The highest BCUT2D eigenvalue weighted by Crippen LogP contribution is 2.36. The number of nitrogens with zero attached hydrogens (tertiary/aromatic N) is 4. The van der Waals surface area contributed by atoms with Crippen LogP contribution in [0.1, 0.15) is 39.7 Å². The van der Waals surface area contributed by atoms with Gasteiger partial charge in [-0.2, -0.15) is 4.98 Å². The Bertz CT molecular complexity index is 1370. The summed E-state index contributed by atoms with van der Waals surface area (Å²) in [4.78, 5) is 27.9. The Labute approximate surface area is 221 Å². The maximum absolute atomic E-state index is 13.4. The van der Waals surface area contributed by atoms with E-state index in [2.05, 4.69) is 39.4 Å². The minimum absolute atomic E-state index is 0.0242. The smallest absolute Gasteiger partial charge is 0.227 e. The number of hydrogen-bond donors (Lipinski definition) is 1. The third kappa shape index (κ3) is 5.24. The van der Waals surface area contributed by atoms with Gasteiger partial charge in [0.15, 0.2) is 5.78 Å². The fraction of sp³-hybridized carbons (Fsp3) is 0.276. The zero-order valence-electron chi connectivity index (χ0n) is 20.4. The van der Waals surface area contributed by atoms with Gasteiger partial charge in [0.1, 0.15) is 11.6 Å². The van der Waals surface area contributed by atoms with Crippen molar-refractivity contribution < 1.29 is 9.21 Å². The summed E-state index contributed by atoms with van der Waals surface area (Å²) in [6.07, 6.45) is 2.66. The molecule has 1 atom stereocenters. The van der Waals surface area contributed by atoms with Gasteiger partial charge in [0.2, 0.25) is 5.95 Å². The van der Waals surface area contributed by atoms with Gasteiger partial charge in [-0.25, -0.2) is 4.98 Å². The summed E-state index contributed by atoms with van der Waals surface area (Å²) in [6.45, 7) is 4.41. The van der Waals surface area contributed by atoms with Gasteiger partial charge in [-0.3, -0.25) is 9.69 Å². The van der Waals surface area contributed by atoms with Gasteiger partial charge in [-0.1, -0.05) is 41.9 Å². The fourth-order valence-corrected chi connectivity index (χ4v) is 5.27. The lowest BCUT2D eigenvalue weighted by Gasteiger charge is -2.35. The number of nitrogens with one attached hydrogen (secondary N) is 1. The van der Waals surface area contributed by atoms with Crippen molar-refractivity contribution >= 4 is 34.8 Å². The lowest BCUT2D eigenvalue weighted by molar-refractivity contribution is 0.0959. The minimum Gasteiger partial charge on any atom is -0.469 e. The molecule has 8 heteroatoms. The summed E-state index contributed by atoms with van der Waals surface area (Å²) < 4.78 is 5.64. The van der Waals surface area contributed by atoms with E-state index in [4.69, 9.17) is 26.0 Å². The fourth-order valence-electron chi connectivity index (χ4n) is 5.14. The average Bonchev–Trinajstić information content (AvgIpc) is 3.46. The molecule has 188 valence electrons. The Balaban J connectivity index is 1.28. The highest BCUT2D eigenvalue weighted by molar-refractivity contribution is 6.30. The molecule has 1 aliphatic heterocycles. The van der Waals surface area contributed by atoms with Crippen LogP contribution >= 0.6 is 11.6 Å². The third-order valence-electron chi connectivity index (χ3n) is 7.08. The average molecular weight is 514 g/mol. The maximum Gasteiger partial charge on any atom is 0.227 e. The highest BCUT2D eigenvalue weighted by Gasteiger charge is 2.33. The number of rotatable bonds is 6.